The molecule has 0 saturated carbocycles. The summed E-state index contributed by atoms with van der Waals surface area (Å²) in [5.41, 5.74) is 1.98. The van der Waals surface area contributed by atoms with E-state index in [4.69, 9.17) is 4.74 Å². The Morgan fingerprint density at radius 2 is 1.74 bits per heavy atom. The Hall–Kier alpha value is -2.80. The average Bonchev–Trinajstić information content (AvgIpc) is 2.75. The van der Waals surface area contributed by atoms with Crippen LogP contribution in [0.2, 0.25) is 0 Å². The van der Waals surface area contributed by atoms with Gasteiger partial charge in [0.1, 0.15) is 17.2 Å². The average molecular weight is 425 g/mol. The van der Waals surface area contributed by atoms with E-state index in [-0.39, 0.29) is 5.60 Å². The number of piperazine rings is 1. The number of para-hydroxylation sites is 1. The van der Waals surface area contributed by atoms with Crippen molar-refractivity contribution in [3.8, 4) is 5.75 Å². The highest BCUT2D eigenvalue weighted by atomic mass is 16.5. The first-order valence-corrected chi connectivity index (χ1v) is 10.9. The molecule has 1 aliphatic rings. The van der Waals surface area contributed by atoms with E-state index in [2.05, 4.69) is 76.4 Å². The Morgan fingerprint density at radius 1 is 1.03 bits per heavy atom. The van der Waals surface area contributed by atoms with E-state index in [0.717, 1.165) is 54.8 Å². The maximum absolute atomic E-state index is 6.08. The van der Waals surface area contributed by atoms with E-state index in [1.54, 1.807) is 7.05 Å². The number of ether oxygens (including phenoxy) is 1. The molecule has 0 unspecified atom stereocenters. The zero-order valence-electron chi connectivity index (χ0n) is 19.5. The molecular weight excluding hydrogens is 388 g/mol. The molecule has 1 aliphatic heterocycles. The molecule has 0 aliphatic carbocycles. The van der Waals surface area contributed by atoms with Crippen molar-refractivity contribution in [2.45, 2.75) is 39.5 Å². The van der Waals surface area contributed by atoms with Crippen molar-refractivity contribution in [3.05, 3.63) is 53.7 Å². The highest BCUT2D eigenvalue weighted by Crippen LogP contribution is 2.22. The molecule has 31 heavy (non-hydrogen) atoms. The fourth-order valence-electron chi connectivity index (χ4n) is 3.41. The van der Waals surface area contributed by atoms with Crippen molar-refractivity contribution in [2.24, 2.45) is 4.99 Å². The van der Waals surface area contributed by atoms with Gasteiger partial charge in [-0.25, -0.2) is 4.98 Å². The number of pyridine rings is 1. The topological polar surface area (TPSA) is 65.0 Å². The normalized spacial score (nSPS) is 15.6. The van der Waals surface area contributed by atoms with Gasteiger partial charge in [0, 0.05) is 58.1 Å². The zero-order chi connectivity index (χ0) is 22.3. The maximum atomic E-state index is 6.08. The van der Waals surface area contributed by atoms with Crippen LogP contribution in [0.1, 0.15) is 31.9 Å². The van der Waals surface area contributed by atoms with E-state index in [0.29, 0.717) is 13.1 Å². The molecule has 0 spiro atoms. The first-order chi connectivity index (χ1) is 14.8. The van der Waals surface area contributed by atoms with Crippen LogP contribution < -0.4 is 20.3 Å². The summed E-state index contributed by atoms with van der Waals surface area (Å²) in [5.74, 6) is 2.69. The predicted molar refractivity (Wildman–Crippen MR) is 128 cm³/mol. The van der Waals surface area contributed by atoms with E-state index >= 15 is 0 Å². The lowest BCUT2D eigenvalue weighted by Crippen LogP contribution is -2.44. The summed E-state index contributed by atoms with van der Waals surface area (Å²) < 4.78 is 6.08. The standard InChI is InChI=1S/C24H36N6O/c1-24(2,3)31-21-9-7-6-8-20(21)18-28-23(25-4)27-17-19-10-11-22(26-16-19)30-14-12-29(5)13-15-30/h6-11,16H,12-15,17-18H2,1-5H3,(H2,25,27,28). The zero-order valence-corrected chi connectivity index (χ0v) is 19.5. The lowest BCUT2D eigenvalue weighted by molar-refractivity contribution is 0.129. The monoisotopic (exact) mass is 424 g/mol. The number of guanidine groups is 1. The van der Waals surface area contributed by atoms with Gasteiger partial charge in [0.2, 0.25) is 0 Å². The second kappa shape index (κ2) is 10.5. The lowest BCUT2D eigenvalue weighted by Gasteiger charge is -2.33. The first-order valence-electron chi connectivity index (χ1n) is 10.9. The Kier molecular flexibility index (Phi) is 7.74. The molecule has 1 aromatic heterocycles. The molecule has 1 saturated heterocycles. The fourth-order valence-corrected chi connectivity index (χ4v) is 3.41. The quantitative estimate of drug-likeness (QED) is 0.549. The minimum absolute atomic E-state index is 0.237. The van der Waals surface area contributed by atoms with Gasteiger partial charge in [-0.2, -0.15) is 0 Å². The Balaban J connectivity index is 1.51. The van der Waals surface area contributed by atoms with E-state index in [1.807, 2.05) is 24.4 Å². The molecule has 0 amide bonds. The van der Waals surface area contributed by atoms with Crippen LogP contribution in [-0.2, 0) is 13.1 Å². The maximum Gasteiger partial charge on any atom is 0.191 e. The summed E-state index contributed by atoms with van der Waals surface area (Å²) in [6, 6.07) is 12.3. The van der Waals surface area contributed by atoms with Gasteiger partial charge in [-0.05, 0) is 45.5 Å². The first kappa shape index (κ1) is 22.9. The number of likely N-dealkylation sites (N-methyl/N-ethyl adjacent to an activating group) is 1. The number of rotatable bonds is 6. The van der Waals surface area contributed by atoms with Crippen LogP contribution in [0.4, 0.5) is 5.82 Å². The Bertz CT molecular complexity index is 851. The third-order valence-electron chi connectivity index (χ3n) is 5.15. The smallest absolute Gasteiger partial charge is 0.191 e. The van der Waals surface area contributed by atoms with Crippen LogP contribution in [-0.4, -0.2) is 61.7 Å². The Morgan fingerprint density at radius 3 is 2.39 bits per heavy atom. The van der Waals surface area contributed by atoms with Crippen molar-refractivity contribution >= 4 is 11.8 Å². The molecule has 1 aromatic carbocycles. The highest BCUT2D eigenvalue weighted by molar-refractivity contribution is 5.79. The number of nitrogens with zero attached hydrogens (tertiary/aromatic N) is 4. The van der Waals surface area contributed by atoms with E-state index < -0.39 is 0 Å². The van der Waals surface area contributed by atoms with Crippen molar-refractivity contribution in [2.75, 3.05) is 45.2 Å². The number of benzene rings is 1. The van der Waals surface area contributed by atoms with Crippen LogP contribution in [0.3, 0.4) is 0 Å². The molecule has 7 nitrogen and oxygen atoms in total. The molecular formula is C24H36N6O. The second-order valence-corrected chi connectivity index (χ2v) is 8.92. The summed E-state index contributed by atoms with van der Waals surface area (Å²) in [7, 11) is 3.94. The third-order valence-corrected chi connectivity index (χ3v) is 5.15. The third kappa shape index (κ3) is 7.14. The number of anilines is 1. The molecule has 0 radical (unpaired) electrons. The molecule has 168 valence electrons. The summed E-state index contributed by atoms with van der Waals surface area (Å²) >= 11 is 0. The van der Waals surface area contributed by atoms with Crippen molar-refractivity contribution in [1.29, 1.82) is 0 Å². The summed E-state index contributed by atoms with van der Waals surface area (Å²) in [5, 5.41) is 6.74. The largest absolute Gasteiger partial charge is 0.488 e. The van der Waals surface area contributed by atoms with Crippen LogP contribution >= 0.6 is 0 Å². The number of hydrogen-bond acceptors (Lipinski definition) is 5. The van der Waals surface area contributed by atoms with Gasteiger partial charge >= 0.3 is 0 Å². The minimum atomic E-state index is -0.237. The fraction of sp³-hybridized carbons (Fsp3) is 0.500. The van der Waals surface area contributed by atoms with Crippen molar-refractivity contribution < 1.29 is 4.74 Å². The molecule has 2 aromatic rings. The van der Waals surface area contributed by atoms with Crippen molar-refractivity contribution in [3.63, 3.8) is 0 Å². The molecule has 0 atom stereocenters. The van der Waals surface area contributed by atoms with Gasteiger partial charge in [0.25, 0.3) is 0 Å². The van der Waals surface area contributed by atoms with Crippen LogP contribution in [0.25, 0.3) is 0 Å². The van der Waals surface area contributed by atoms with E-state index in [9.17, 15) is 0 Å². The molecule has 0 bridgehead atoms. The van der Waals surface area contributed by atoms with Gasteiger partial charge in [0.05, 0.1) is 0 Å². The van der Waals surface area contributed by atoms with Crippen LogP contribution in [0.5, 0.6) is 5.75 Å². The number of aromatic nitrogens is 1. The molecule has 2 N–H and O–H groups in total. The molecule has 7 heteroatoms. The summed E-state index contributed by atoms with van der Waals surface area (Å²) in [4.78, 5) is 13.7. The predicted octanol–water partition coefficient (Wildman–Crippen LogP) is 2.88. The number of aliphatic imine (C=N–C) groups is 1. The second-order valence-electron chi connectivity index (χ2n) is 8.92. The number of nitrogens with one attached hydrogen (secondary N) is 2. The lowest BCUT2D eigenvalue weighted by atomic mass is 10.1. The molecule has 2 heterocycles. The molecule has 3 rings (SSSR count). The molecule has 1 fully saturated rings. The number of hydrogen-bond donors (Lipinski definition) is 2. The minimum Gasteiger partial charge on any atom is -0.488 e. The summed E-state index contributed by atoms with van der Waals surface area (Å²) in [6.07, 6.45) is 1.94. The summed E-state index contributed by atoms with van der Waals surface area (Å²) in [6.45, 7) is 11.7. The van der Waals surface area contributed by atoms with Crippen LogP contribution in [0.15, 0.2) is 47.6 Å². The van der Waals surface area contributed by atoms with Gasteiger partial charge in [-0.1, -0.05) is 24.3 Å². The van der Waals surface area contributed by atoms with Gasteiger partial charge < -0.3 is 25.2 Å². The van der Waals surface area contributed by atoms with E-state index in [1.165, 1.54) is 0 Å². The van der Waals surface area contributed by atoms with Gasteiger partial charge in [-0.15, -0.1) is 0 Å². The highest BCUT2D eigenvalue weighted by Gasteiger charge is 2.16. The van der Waals surface area contributed by atoms with Gasteiger partial charge in [0.15, 0.2) is 5.96 Å². The van der Waals surface area contributed by atoms with Gasteiger partial charge in [-0.3, -0.25) is 4.99 Å². The SMILES string of the molecule is CN=C(NCc1ccc(N2CCN(C)CC2)nc1)NCc1ccccc1OC(C)(C)C. The van der Waals surface area contributed by atoms with Crippen LogP contribution in [0, 0.1) is 0 Å². The van der Waals surface area contributed by atoms with Crippen molar-refractivity contribution in [1.82, 2.24) is 20.5 Å². The Labute approximate surface area is 186 Å².